The first-order valence-electron chi connectivity index (χ1n) is 6.21. The molecule has 0 aliphatic heterocycles. The van der Waals surface area contributed by atoms with Crippen LogP contribution in [0.1, 0.15) is 32.6 Å². The monoisotopic (exact) mass is 272 g/mol. The van der Waals surface area contributed by atoms with E-state index < -0.39 is 24.5 Å². The molecule has 6 nitrogen and oxygen atoms in total. The van der Waals surface area contributed by atoms with Crippen LogP contribution >= 0.6 is 0 Å². The average Bonchev–Trinajstić information content (AvgIpc) is 2.40. The topological polar surface area (TPSA) is 71.1 Å². The number of carbonyl (C=O) groups excluding carboxylic acids is 2. The summed E-state index contributed by atoms with van der Waals surface area (Å²) in [6.45, 7) is 2.02. The van der Waals surface area contributed by atoms with Gasteiger partial charge in [0, 0.05) is 6.42 Å². The first kappa shape index (κ1) is 15.3. The van der Waals surface area contributed by atoms with Gasteiger partial charge in [0.15, 0.2) is 0 Å². The molecule has 0 saturated heterocycles. The molecule has 6 heteroatoms. The van der Waals surface area contributed by atoms with Gasteiger partial charge < -0.3 is 18.9 Å². The van der Waals surface area contributed by atoms with Gasteiger partial charge in [0.1, 0.15) is 12.2 Å². The molecule has 0 radical (unpaired) electrons. The maximum Gasteiger partial charge on any atom is 0.508 e. The normalized spacial score (nSPS) is 26.2. The number of carbonyl (C=O) groups is 2. The molecule has 1 aliphatic carbocycles. The van der Waals surface area contributed by atoms with Gasteiger partial charge in [0.25, 0.3) is 0 Å². The molecular weight excluding hydrogens is 252 g/mol. The fraction of sp³-hybridized carbons (Fsp3) is 0.692. The Morgan fingerprint density at radius 1 is 1.11 bits per heavy atom. The molecule has 108 valence electrons. The van der Waals surface area contributed by atoms with Crippen LogP contribution < -0.4 is 0 Å². The summed E-state index contributed by atoms with van der Waals surface area (Å²) in [6.07, 6.45) is 2.25. The Hall–Kier alpha value is -1.72. The van der Waals surface area contributed by atoms with Crippen molar-refractivity contribution in [2.45, 2.75) is 44.8 Å². The van der Waals surface area contributed by atoms with Gasteiger partial charge in [-0.15, -0.1) is 0 Å². The molecule has 0 saturated carbocycles. The van der Waals surface area contributed by atoms with E-state index in [1.807, 2.05) is 13.0 Å². The number of allylic oxidation sites excluding steroid dienone is 1. The summed E-state index contributed by atoms with van der Waals surface area (Å²) in [5, 5.41) is 0. The second kappa shape index (κ2) is 7.66. The molecule has 1 rings (SSSR count). The van der Waals surface area contributed by atoms with Crippen LogP contribution in [0, 0.1) is 0 Å². The van der Waals surface area contributed by atoms with Crippen molar-refractivity contribution >= 4 is 12.3 Å². The van der Waals surface area contributed by atoms with E-state index in [1.165, 1.54) is 19.8 Å². The van der Waals surface area contributed by atoms with E-state index >= 15 is 0 Å². The lowest BCUT2D eigenvalue weighted by Gasteiger charge is -2.26. The minimum absolute atomic E-state index is 0.489. The lowest BCUT2D eigenvalue weighted by molar-refractivity contribution is -0.0511. The third-order valence-electron chi connectivity index (χ3n) is 3.00. The molecule has 2 unspecified atom stereocenters. The predicted molar refractivity (Wildman–Crippen MR) is 66.8 cm³/mol. The highest BCUT2D eigenvalue weighted by Crippen LogP contribution is 2.23. The Morgan fingerprint density at radius 2 is 1.68 bits per heavy atom. The van der Waals surface area contributed by atoms with E-state index in [0.717, 1.165) is 12.8 Å². The van der Waals surface area contributed by atoms with Crippen molar-refractivity contribution in [3.63, 3.8) is 0 Å². The third-order valence-corrected chi connectivity index (χ3v) is 3.00. The highest BCUT2D eigenvalue weighted by Gasteiger charge is 2.29. The molecule has 1 aliphatic rings. The number of ether oxygens (including phenoxy) is 4. The Balaban J connectivity index is 2.75. The van der Waals surface area contributed by atoms with Crippen molar-refractivity contribution < 1.29 is 28.5 Å². The number of rotatable bonds is 2. The molecule has 0 heterocycles. The number of hydrogen-bond acceptors (Lipinski definition) is 6. The number of methoxy groups -OCH3 is 2. The first-order valence-corrected chi connectivity index (χ1v) is 6.21. The van der Waals surface area contributed by atoms with E-state index in [9.17, 15) is 9.59 Å². The second-order valence-corrected chi connectivity index (χ2v) is 4.40. The Labute approximate surface area is 112 Å². The lowest BCUT2D eigenvalue weighted by atomic mass is 9.96. The standard InChI is InChI=1S/C13H20O6/c1-9-5-4-6-10(18-12(14)16-2)11(8-7-9)19-13(15)17-3/h7,10-11H,4-6,8H2,1-3H3/b9-7-. The highest BCUT2D eigenvalue weighted by molar-refractivity contribution is 5.61. The van der Waals surface area contributed by atoms with Crippen molar-refractivity contribution in [2.24, 2.45) is 0 Å². The van der Waals surface area contributed by atoms with Gasteiger partial charge in [0.2, 0.25) is 0 Å². The molecule has 0 fully saturated rings. The minimum Gasteiger partial charge on any atom is -0.438 e. The average molecular weight is 272 g/mol. The van der Waals surface area contributed by atoms with Gasteiger partial charge >= 0.3 is 12.3 Å². The molecule has 0 aromatic heterocycles. The predicted octanol–water partition coefficient (Wildman–Crippen LogP) is 2.81. The Bertz CT molecular complexity index is 349. The summed E-state index contributed by atoms with van der Waals surface area (Å²) in [4.78, 5) is 22.4. The first-order chi connectivity index (χ1) is 9.06. The van der Waals surface area contributed by atoms with Crippen molar-refractivity contribution in [3.8, 4) is 0 Å². The van der Waals surface area contributed by atoms with Crippen LogP contribution in [0.5, 0.6) is 0 Å². The zero-order valence-corrected chi connectivity index (χ0v) is 11.5. The van der Waals surface area contributed by atoms with Gasteiger partial charge in [-0.1, -0.05) is 11.6 Å². The van der Waals surface area contributed by atoms with Crippen molar-refractivity contribution in [1.29, 1.82) is 0 Å². The third kappa shape index (κ3) is 5.19. The number of hydrogen-bond donors (Lipinski definition) is 0. The maximum atomic E-state index is 11.2. The van der Waals surface area contributed by atoms with Crippen molar-refractivity contribution in [1.82, 2.24) is 0 Å². The zero-order chi connectivity index (χ0) is 14.3. The van der Waals surface area contributed by atoms with E-state index in [4.69, 9.17) is 9.47 Å². The van der Waals surface area contributed by atoms with Crippen LogP contribution in [0.4, 0.5) is 9.59 Å². The fourth-order valence-electron chi connectivity index (χ4n) is 1.94. The van der Waals surface area contributed by atoms with Crippen LogP contribution in [-0.2, 0) is 18.9 Å². The van der Waals surface area contributed by atoms with E-state index in [0.29, 0.717) is 12.8 Å². The van der Waals surface area contributed by atoms with E-state index in [1.54, 1.807) is 0 Å². The molecule has 2 atom stereocenters. The Morgan fingerprint density at radius 3 is 2.26 bits per heavy atom. The molecule has 0 aromatic carbocycles. The van der Waals surface area contributed by atoms with Crippen LogP contribution in [0.2, 0.25) is 0 Å². The molecule has 0 spiro atoms. The van der Waals surface area contributed by atoms with Gasteiger partial charge in [-0.2, -0.15) is 0 Å². The smallest absolute Gasteiger partial charge is 0.438 e. The van der Waals surface area contributed by atoms with Gasteiger partial charge in [-0.05, 0) is 26.2 Å². The van der Waals surface area contributed by atoms with E-state index in [-0.39, 0.29) is 0 Å². The van der Waals surface area contributed by atoms with Crippen LogP contribution in [0.3, 0.4) is 0 Å². The summed E-state index contributed by atoms with van der Waals surface area (Å²) >= 11 is 0. The van der Waals surface area contributed by atoms with Crippen LogP contribution in [-0.4, -0.2) is 38.7 Å². The van der Waals surface area contributed by atoms with Crippen LogP contribution in [0.25, 0.3) is 0 Å². The fourth-order valence-corrected chi connectivity index (χ4v) is 1.94. The second-order valence-electron chi connectivity index (χ2n) is 4.40. The molecular formula is C13H20O6. The summed E-state index contributed by atoms with van der Waals surface area (Å²) in [6, 6.07) is 0. The molecule has 0 N–H and O–H groups in total. The lowest BCUT2D eigenvalue weighted by Crippen LogP contribution is -2.35. The maximum absolute atomic E-state index is 11.2. The van der Waals surface area contributed by atoms with Crippen molar-refractivity contribution in [2.75, 3.05) is 14.2 Å². The van der Waals surface area contributed by atoms with Crippen LogP contribution in [0.15, 0.2) is 11.6 Å². The minimum atomic E-state index is -0.782. The summed E-state index contributed by atoms with van der Waals surface area (Å²) in [7, 11) is 2.48. The largest absolute Gasteiger partial charge is 0.508 e. The quantitative estimate of drug-likeness (QED) is 0.568. The molecule has 19 heavy (non-hydrogen) atoms. The Kier molecular flexibility index (Phi) is 6.18. The zero-order valence-electron chi connectivity index (χ0n) is 11.5. The summed E-state index contributed by atoms with van der Waals surface area (Å²) < 4.78 is 19.2. The molecule has 0 bridgehead atoms. The van der Waals surface area contributed by atoms with Gasteiger partial charge in [-0.25, -0.2) is 9.59 Å². The molecule has 0 aromatic rings. The van der Waals surface area contributed by atoms with Crippen molar-refractivity contribution in [3.05, 3.63) is 11.6 Å². The van der Waals surface area contributed by atoms with Gasteiger partial charge in [-0.3, -0.25) is 0 Å². The van der Waals surface area contributed by atoms with E-state index in [2.05, 4.69) is 9.47 Å². The SMILES string of the molecule is COC(=O)OC1C/C=C(/C)CCCC1OC(=O)OC. The summed E-state index contributed by atoms with van der Waals surface area (Å²) in [5.41, 5.74) is 1.23. The summed E-state index contributed by atoms with van der Waals surface area (Å²) in [5.74, 6) is 0. The molecule has 0 amide bonds. The highest BCUT2D eigenvalue weighted by atomic mass is 16.7. The van der Waals surface area contributed by atoms with Gasteiger partial charge in [0.05, 0.1) is 14.2 Å².